The van der Waals surface area contributed by atoms with Crippen molar-refractivity contribution in [3.8, 4) is 0 Å². The SMILES string of the molecule is Cc1ccncc1CNC(=O)N1CCCC(C(=O)O)C1. The number of amides is 2. The largest absolute Gasteiger partial charge is 0.481 e. The topological polar surface area (TPSA) is 82.5 Å². The maximum absolute atomic E-state index is 12.1. The Morgan fingerprint density at radius 3 is 3.05 bits per heavy atom. The van der Waals surface area contributed by atoms with Gasteiger partial charge in [0.15, 0.2) is 0 Å². The number of likely N-dealkylation sites (tertiary alicyclic amines) is 1. The molecule has 1 atom stereocenters. The quantitative estimate of drug-likeness (QED) is 0.874. The zero-order valence-corrected chi connectivity index (χ0v) is 11.5. The number of carboxylic acids is 1. The van der Waals surface area contributed by atoms with E-state index in [-0.39, 0.29) is 12.6 Å². The van der Waals surface area contributed by atoms with Crippen LogP contribution < -0.4 is 5.32 Å². The van der Waals surface area contributed by atoms with Crippen molar-refractivity contribution in [3.05, 3.63) is 29.6 Å². The molecule has 6 nitrogen and oxygen atoms in total. The van der Waals surface area contributed by atoms with E-state index in [9.17, 15) is 9.59 Å². The predicted molar refractivity (Wildman–Crippen MR) is 73.1 cm³/mol. The molecule has 2 heterocycles. The fraction of sp³-hybridized carbons (Fsp3) is 0.500. The lowest BCUT2D eigenvalue weighted by atomic mass is 9.99. The van der Waals surface area contributed by atoms with Gasteiger partial charge in [-0.15, -0.1) is 0 Å². The van der Waals surface area contributed by atoms with Crippen LogP contribution in [-0.2, 0) is 11.3 Å². The van der Waals surface area contributed by atoms with E-state index in [4.69, 9.17) is 5.11 Å². The molecule has 1 fully saturated rings. The van der Waals surface area contributed by atoms with Gasteiger partial charge in [-0.3, -0.25) is 9.78 Å². The summed E-state index contributed by atoms with van der Waals surface area (Å²) in [6.45, 7) is 3.27. The number of nitrogens with zero attached hydrogens (tertiary/aromatic N) is 2. The number of rotatable bonds is 3. The van der Waals surface area contributed by atoms with Gasteiger partial charge in [-0.05, 0) is 37.0 Å². The van der Waals surface area contributed by atoms with E-state index >= 15 is 0 Å². The minimum absolute atomic E-state index is 0.209. The van der Waals surface area contributed by atoms with Crippen LogP contribution in [-0.4, -0.2) is 40.1 Å². The average Bonchev–Trinajstić information content (AvgIpc) is 2.46. The number of nitrogens with one attached hydrogen (secondary N) is 1. The van der Waals surface area contributed by atoms with Gasteiger partial charge in [-0.1, -0.05) is 0 Å². The molecule has 1 unspecified atom stereocenters. The van der Waals surface area contributed by atoms with Crippen LogP contribution in [0, 0.1) is 12.8 Å². The summed E-state index contributed by atoms with van der Waals surface area (Å²) in [7, 11) is 0. The molecule has 1 aromatic rings. The molecule has 2 rings (SSSR count). The Morgan fingerprint density at radius 1 is 1.55 bits per heavy atom. The van der Waals surface area contributed by atoms with Crippen LogP contribution >= 0.6 is 0 Å². The van der Waals surface area contributed by atoms with Gasteiger partial charge >= 0.3 is 12.0 Å². The van der Waals surface area contributed by atoms with Crippen LogP contribution in [0.5, 0.6) is 0 Å². The Bertz CT molecular complexity index is 504. The van der Waals surface area contributed by atoms with Crippen LogP contribution in [0.4, 0.5) is 4.79 Å². The second kappa shape index (κ2) is 6.36. The molecular formula is C14H19N3O3. The van der Waals surface area contributed by atoms with Crippen molar-refractivity contribution in [3.63, 3.8) is 0 Å². The summed E-state index contributed by atoms with van der Waals surface area (Å²) in [5, 5.41) is 11.8. The number of carbonyl (C=O) groups excluding carboxylic acids is 1. The number of hydrogen-bond donors (Lipinski definition) is 2. The highest BCUT2D eigenvalue weighted by molar-refractivity contribution is 5.76. The molecule has 2 amide bonds. The van der Waals surface area contributed by atoms with E-state index in [0.29, 0.717) is 19.5 Å². The van der Waals surface area contributed by atoms with Crippen molar-refractivity contribution in [2.75, 3.05) is 13.1 Å². The van der Waals surface area contributed by atoms with Gasteiger partial charge in [-0.25, -0.2) is 4.79 Å². The number of pyridine rings is 1. The van der Waals surface area contributed by atoms with E-state index in [2.05, 4.69) is 10.3 Å². The smallest absolute Gasteiger partial charge is 0.317 e. The Hall–Kier alpha value is -2.11. The third kappa shape index (κ3) is 3.46. The minimum Gasteiger partial charge on any atom is -0.481 e. The second-order valence-electron chi connectivity index (χ2n) is 5.08. The predicted octanol–water partition coefficient (Wildman–Crippen LogP) is 1.40. The highest BCUT2D eigenvalue weighted by atomic mass is 16.4. The molecule has 0 aromatic carbocycles. The van der Waals surface area contributed by atoms with E-state index in [1.165, 1.54) is 0 Å². The summed E-state index contributed by atoms with van der Waals surface area (Å²) < 4.78 is 0. The molecule has 0 bridgehead atoms. The number of carboxylic acid groups (broad SMARTS) is 1. The third-order valence-electron chi connectivity index (χ3n) is 3.64. The van der Waals surface area contributed by atoms with Gasteiger partial charge in [0.25, 0.3) is 0 Å². The van der Waals surface area contributed by atoms with Gasteiger partial charge in [0.05, 0.1) is 5.92 Å². The molecule has 1 aromatic heterocycles. The molecule has 6 heteroatoms. The highest BCUT2D eigenvalue weighted by Crippen LogP contribution is 2.16. The normalized spacial score (nSPS) is 18.6. The summed E-state index contributed by atoms with van der Waals surface area (Å²) >= 11 is 0. The average molecular weight is 277 g/mol. The number of hydrogen-bond acceptors (Lipinski definition) is 3. The van der Waals surface area contributed by atoms with Crippen LogP contribution in [0.25, 0.3) is 0 Å². The van der Waals surface area contributed by atoms with Crippen LogP contribution in [0.15, 0.2) is 18.5 Å². The molecule has 20 heavy (non-hydrogen) atoms. The first-order valence-electron chi connectivity index (χ1n) is 6.73. The lowest BCUT2D eigenvalue weighted by molar-refractivity contribution is -0.143. The van der Waals surface area contributed by atoms with Crippen molar-refractivity contribution < 1.29 is 14.7 Å². The fourth-order valence-corrected chi connectivity index (χ4v) is 2.33. The maximum Gasteiger partial charge on any atom is 0.317 e. The summed E-state index contributed by atoms with van der Waals surface area (Å²) in [5.74, 6) is -1.28. The van der Waals surface area contributed by atoms with Crippen molar-refractivity contribution >= 4 is 12.0 Å². The highest BCUT2D eigenvalue weighted by Gasteiger charge is 2.27. The first kappa shape index (κ1) is 14.3. The van der Waals surface area contributed by atoms with Crippen molar-refractivity contribution in [2.24, 2.45) is 5.92 Å². The van der Waals surface area contributed by atoms with E-state index in [0.717, 1.165) is 17.5 Å². The van der Waals surface area contributed by atoms with E-state index in [1.54, 1.807) is 17.3 Å². The van der Waals surface area contributed by atoms with E-state index < -0.39 is 11.9 Å². The lowest BCUT2D eigenvalue weighted by Crippen LogP contribution is -2.46. The second-order valence-corrected chi connectivity index (χ2v) is 5.08. The van der Waals surface area contributed by atoms with Crippen LogP contribution in [0.2, 0.25) is 0 Å². The van der Waals surface area contributed by atoms with Crippen molar-refractivity contribution in [1.82, 2.24) is 15.2 Å². The first-order chi connectivity index (χ1) is 9.58. The van der Waals surface area contributed by atoms with Crippen molar-refractivity contribution in [1.29, 1.82) is 0 Å². The third-order valence-corrected chi connectivity index (χ3v) is 3.64. The zero-order valence-electron chi connectivity index (χ0n) is 11.5. The molecule has 0 spiro atoms. The Balaban J connectivity index is 1.89. The first-order valence-corrected chi connectivity index (χ1v) is 6.73. The Labute approximate surface area is 117 Å². The van der Waals surface area contributed by atoms with Crippen LogP contribution in [0.1, 0.15) is 24.0 Å². The molecule has 108 valence electrons. The molecule has 2 N–H and O–H groups in total. The lowest BCUT2D eigenvalue weighted by Gasteiger charge is -2.30. The van der Waals surface area contributed by atoms with Gasteiger partial charge < -0.3 is 15.3 Å². The van der Waals surface area contributed by atoms with Gasteiger partial charge in [-0.2, -0.15) is 0 Å². The summed E-state index contributed by atoms with van der Waals surface area (Å²) in [6, 6.07) is 1.68. The number of carbonyl (C=O) groups is 2. The number of aryl methyl sites for hydroxylation is 1. The standard InChI is InChI=1S/C14H19N3O3/c1-10-4-5-15-7-12(10)8-16-14(20)17-6-2-3-11(9-17)13(18)19/h4-5,7,11H,2-3,6,8-9H2,1H3,(H,16,20)(H,18,19). The molecule has 0 radical (unpaired) electrons. The summed E-state index contributed by atoms with van der Waals surface area (Å²) in [4.78, 5) is 28.6. The zero-order chi connectivity index (χ0) is 14.5. The Morgan fingerprint density at radius 2 is 2.35 bits per heavy atom. The molecular weight excluding hydrogens is 258 g/mol. The molecule has 0 saturated carbocycles. The van der Waals surface area contributed by atoms with Crippen molar-refractivity contribution in [2.45, 2.75) is 26.3 Å². The Kier molecular flexibility index (Phi) is 4.55. The maximum atomic E-state index is 12.1. The monoisotopic (exact) mass is 277 g/mol. The van der Waals surface area contributed by atoms with Gasteiger partial charge in [0.2, 0.25) is 0 Å². The van der Waals surface area contributed by atoms with Gasteiger partial charge in [0, 0.05) is 32.0 Å². The molecule has 1 aliphatic rings. The number of aromatic nitrogens is 1. The van der Waals surface area contributed by atoms with Gasteiger partial charge in [0.1, 0.15) is 0 Å². The number of aliphatic carboxylic acids is 1. The summed E-state index contributed by atoms with van der Waals surface area (Å²) in [5.41, 5.74) is 2.04. The number of piperidine rings is 1. The van der Waals surface area contributed by atoms with E-state index in [1.807, 2.05) is 13.0 Å². The summed E-state index contributed by atoms with van der Waals surface area (Å²) in [6.07, 6.45) is 4.81. The fourth-order valence-electron chi connectivity index (χ4n) is 2.33. The molecule has 0 aliphatic carbocycles. The molecule has 1 aliphatic heterocycles. The molecule has 1 saturated heterocycles. The van der Waals surface area contributed by atoms with Crippen LogP contribution in [0.3, 0.4) is 0 Å². The number of urea groups is 1. The minimum atomic E-state index is -0.828.